The largest absolute Gasteiger partial charge is 0.465 e. The number of para-hydroxylation sites is 1. The van der Waals surface area contributed by atoms with E-state index in [4.69, 9.17) is 4.74 Å². The van der Waals surface area contributed by atoms with Crippen LogP contribution in [-0.4, -0.2) is 37.0 Å². The number of hydrogen-bond acceptors (Lipinski definition) is 6. The molecule has 0 aliphatic heterocycles. The summed E-state index contributed by atoms with van der Waals surface area (Å²) in [5.74, 6) is -1.44. The molecule has 0 atom stereocenters. The van der Waals surface area contributed by atoms with Crippen molar-refractivity contribution in [3.8, 4) is 0 Å². The fraction of sp³-hybridized carbons (Fsp3) is 0.333. The number of carbonyl (C=O) groups excluding carboxylic acids is 2. The Kier molecular flexibility index (Phi) is 6.91. The van der Waals surface area contributed by atoms with E-state index in [0.29, 0.717) is 6.61 Å². The predicted octanol–water partition coefficient (Wildman–Crippen LogP) is 2.15. The molecule has 0 spiro atoms. The van der Waals surface area contributed by atoms with Crippen molar-refractivity contribution >= 4 is 23.5 Å². The normalized spacial score (nSPS) is 11.1. The monoisotopic (exact) mass is 307 g/mol. The lowest BCUT2D eigenvalue weighted by atomic mass is 10.1. The zero-order valence-electron chi connectivity index (χ0n) is 12.4. The highest BCUT2D eigenvalue weighted by atomic mass is 16.6. The van der Waals surface area contributed by atoms with Crippen LogP contribution in [0.1, 0.15) is 18.9 Å². The van der Waals surface area contributed by atoms with Gasteiger partial charge in [-0.3, -0.25) is 14.9 Å². The average Bonchev–Trinajstić information content (AvgIpc) is 2.52. The van der Waals surface area contributed by atoms with Crippen LogP contribution in [0, 0.1) is 10.1 Å². The van der Waals surface area contributed by atoms with E-state index in [1.165, 1.54) is 18.2 Å². The van der Waals surface area contributed by atoms with Crippen molar-refractivity contribution in [3.63, 3.8) is 0 Å². The molecule has 118 valence electrons. The van der Waals surface area contributed by atoms with Crippen LogP contribution < -0.4 is 0 Å². The first-order valence-corrected chi connectivity index (χ1v) is 6.65. The maximum absolute atomic E-state index is 12.0. The van der Waals surface area contributed by atoms with Gasteiger partial charge in [-0.25, -0.2) is 4.79 Å². The standard InChI is InChI=1S/C15H17NO6/c1-3-8-22-10-14(17)12(15(18)21-2)9-11-6-4-5-7-13(11)16(19)20/h4-7,9H,3,8,10H2,1-2H3. The van der Waals surface area contributed by atoms with Crippen molar-refractivity contribution in [2.75, 3.05) is 20.3 Å². The van der Waals surface area contributed by atoms with E-state index in [9.17, 15) is 19.7 Å². The molecule has 0 unspecified atom stereocenters. The predicted molar refractivity (Wildman–Crippen MR) is 79.2 cm³/mol. The maximum Gasteiger partial charge on any atom is 0.341 e. The molecule has 0 aliphatic rings. The first kappa shape index (κ1) is 17.5. The summed E-state index contributed by atoms with van der Waals surface area (Å²) in [6.45, 7) is 1.98. The summed E-state index contributed by atoms with van der Waals surface area (Å²) in [5.41, 5.74) is -0.337. The third-order valence-corrected chi connectivity index (χ3v) is 2.72. The molecule has 0 aliphatic carbocycles. The van der Waals surface area contributed by atoms with Gasteiger partial charge in [0.15, 0.2) is 5.78 Å². The molecule has 0 saturated heterocycles. The van der Waals surface area contributed by atoms with Gasteiger partial charge < -0.3 is 9.47 Å². The van der Waals surface area contributed by atoms with E-state index in [1.807, 2.05) is 6.92 Å². The number of benzene rings is 1. The number of ketones is 1. The number of nitro groups is 1. The van der Waals surface area contributed by atoms with E-state index in [1.54, 1.807) is 6.07 Å². The average molecular weight is 307 g/mol. The van der Waals surface area contributed by atoms with Crippen molar-refractivity contribution in [3.05, 3.63) is 45.5 Å². The van der Waals surface area contributed by atoms with E-state index in [0.717, 1.165) is 19.6 Å². The van der Waals surface area contributed by atoms with Crippen LogP contribution in [0.2, 0.25) is 0 Å². The zero-order chi connectivity index (χ0) is 16.5. The highest BCUT2D eigenvalue weighted by molar-refractivity contribution is 6.21. The summed E-state index contributed by atoms with van der Waals surface area (Å²) in [4.78, 5) is 34.2. The molecule has 1 aromatic rings. The van der Waals surface area contributed by atoms with Gasteiger partial charge in [-0.1, -0.05) is 19.1 Å². The Hall–Kier alpha value is -2.54. The summed E-state index contributed by atoms with van der Waals surface area (Å²) in [5, 5.41) is 11.0. The lowest BCUT2D eigenvalue weighted by molar-refractivity contribution is -0.385. The van der Waals surface area contributed by atoms with E-state index >= 15 is 0 Å². The topological polar surface area (TPSA) is 95.7 Å². The summed E-state index contributed by atoms with van der Waals surface area (Å²) < 4.78 is 9.66. The van der Waals surface area contributed by atoms with Crippen LogP contribution in [0.3, 0.4) is 0 Å². The first-order chi connectivity index (χ1) is 10.5. The van der Waals surface area contributed by atoms with Gasteiger partial charge in [-0.05, 0) is 18.6 Å². The first-order valence-electron chi connectivity index (χ1n) is 6.65. The quantitative estimate of drug-likeness (QED) is 0.139. The number of ether oxygens (including phenoxy) is 2. The zero-order valence-corrected chi connectivity index (χ0v) is 12.4. The molecule has 7 nitrogen and oxygen atoms in total. The van der Waals surface area contributed by atoms with E-state index in [2.05, 4.69) is 4.74 Å². The van der Waals surface area contributed by atoms with Crippen LogP contribution in [-0.2, 0) is 19.1 Å². The molecule has 0 amide bonds. The number of hydrogen-bond donors (Lipinski definition) is 0. The number of nitrogens with zero attached hydrogens (tertiary/aromatic N) is 1. The summed E-state index contributed by atoms with van der Waals surface area (Å²) in [6, 6.07) is 5.81. The van der Waals surface area contributed by atoms with Crippen LogP contribution in [0.15, 0.2) is 29.8 Å². The molecule has 1 rings (SSSR count). The second-order valence-electron chi connectivity index (χ2n) is 4.34. The van der Waals surface area contributed by atoms with Gasteiger partial charge in [-0.15, -0.1) is 0 Å². The Morgan fingerprint density at radius 2 is 2.00 bits per heavy atom. The number of Topliss-reactive ketones (excluding diaryl/α,β-unsaturated/α-hetero) is 1. The highest BCUT2D eigenvalue weighted by Crippen LogP contribution is 2.21. The van der Waals surface area contributed by atoms with Gasteiger partial charge in [0.05, 0.1) is 17.6 Å². The Morgan fingerprint density at radius 3 is 2.59 bits per heavy atom. The molecule has 1 aromatic carbocycles. The minimum Gasteiger partial charge on any atom is -0.465 e. The number of methoxy groups -OCH3 is 1. The Bertz CT molecular complexity index is 593. The van der Waals surface area contributed by atoms with Crippen LogP contribution in [0.4, 0.5) is 5.69 Å². The fourth-order valence-electron chi connectivity index (χ4n) is 1.68. The number of esters is 1. The molecule has 0 radical (unpaired) electrons. The molecular formula is C15H17NO6. The van der Waals surface area contributed by atoms with Crippen LogP contribution in [0.25, 0.3) is 6.08 Å². The van der Waals surface area contributed by atoms with Crippen molar-refractivity contribution in [1.29, 1.82) is 0 Å². The molecule has 0 fully saturated rings. The minimum atomic E-state index is -0.858. The van der Waals surface area contributed by atoms with Gasteiger partial charge in [0.1, 0.15) is 12.2 Å². The molecular weight excluding hydrogens is 290 g/mol. The third kappa shape index (κ3) is 4.78. The van der Waals surface area contributed by atoms with Gasteiger partial charge >= 0.3 is 5.97 Å². The van der Waals surface area contributed by atoms with Gasteiger partial charge in [-0.2, -0.15) is 0 Å². The third-order valence-electron chi connectivity index (χ3n) is 2.72. The lowest BCUT2D eigenvalue weighted by Gasteiger charge is -2.06. The summed E-state index contributed by atoms with van der Waals surface area (Å²) >= 11 is 0. The lowest BCUT2D eigenvalue weighted by Crippen LogP contribution is -2.19. The minimum absolute atomic E-state index is 0.150. The second kappa shape index (κ2) is 8.68. The van der Waals surface area contributed by atoms with Crippen molar-refractivity contribution in [2.45, 2.75) is 13.3 Å². The van der Waals surface area contributed by atoms with E-state index < -0.39 is 16.7 Å². The SMILES string of the molecule is CCCOCC(=O)C(=Cc1ccccc1[N+](=O)[O-])C(=O)OC. The fourth-order valence-corrected chi connectivity index (χ4v) is 1.68. The molecule has 0 bridgehead atoms. The Labute approximate surface area is 127 Å². The second-order valence-corrected chi connectivity index (χ2v) is 4.34. The van der Waals surface area contributed by atoms with Crippen LogP contribution in [0.5, 0.6) is 0 Å². The van der Waals surface area contributed by atoms with Crippen molar-refractivity contribution in [2.24, 2.45) is 0 Å². The van der Waals surface area contributed by atoms with Gasteiger partial charge in [0.25, 0.3) is 5.69 Å². The molecule has 0 N–H and O–H groups in total. The van der Waals surface area contributed by atoms with E-state index in [-0.39, 0.29) is 23.4 Å². The number of rotatable bonds is 8. The van der Waals surface area contributed by atoms with Gasteiger partial charge in [0, 0.05) is 12.7 Å². The molecule has 7 heteroatoms. The summed E-state index contributed by atoms with van der Waals surface area (Å²) in [7, 11) is 1.13. The molecule has 0 aromatic heterocycles. The van der Waals surface area contributed by atoms with Crippen LogP contribution >= 0.6 is 0 Å². The number of nitro benzene ring substituents is 1. The molecule has 0 heterocycles. The summed E-state index contributed by atoms with van der Waals surface area (Å²) in [6.07, 6.45) is 1.89. The smallest absolute Gasteiger partial charge is 0.341 e. The molecule has 0 saturated carbocycles. The molecule has 22 heavy (non-hydrogen) atoms. The highest BCUT2D eigenvalue weighted by Gasteiger charge is 2.21. The van der Waals surface area contributed by atoms with Crippen molar-refractivity contribution < 1.29 is 24.0 Å². The number of carbonyl (C=O) groups is 2. The Balaban J connectivity index is 3.14. The maximum atomic E-state index is 12.0. The van der Waals surface area contributed by atoms with Gasteiger partial charge in [0.2, 0.25) is 0 Å². The van der Waals surface area contributed by atoms with Crippen molar-refractivity contribution in [1.82, 2.24) is 0 Å². The Morgan fingerprint density at radius 1 is 1.32 bits per heavy atom.